The maximum absolute atomic E-state index is 5.65. The highest BCUT2D eigenvalue weighted by atomic mass is 16.5. The quantitative estimate of drug-likeness (QED) is 0.494. The van der Waals surface area contributed by atoms with E-state index in [1.165, 1.54) is 18.4 Å². The Hall–Kier alpha value is -2.82. The van der Waals surface area contributed by atoms with E-state index < -0.39 is 0 Å². The van der Waals surface area contributed by atoms with Crippen molar-refractivity contribution in [3.63, 3.8) is 0 Å². The van der Waals surface area contributed by atoms with Crippen LogP contribution in [-0.2, 0) is 6.42 Å². The Morgan fingerprint density at radius 3 is 1.96 bits per heavy atom. The van der Waals surface area contributed by atoms with Crippen molar-refractivity contribution < 1.29 is 4.74 Å². The summed E-state index contributed by atoms with van der Waals surface area (Å²) in [5, 5.41) is 0. The molecule has 0 spiro atoms. The molecule has 0 fully saturated rings. The van der Waals surface area contributed by atoms with Crippen LogP contribution in [0.5, 0.6) is 5.75 Å². The number of rotatable bonds is 9. The minimum atomic E-state index is 0.598. The van der Waals surface area contributed by atoms with Crippen LogP contribution in [0.1, 0.15) is 45.1 Å². The molecule has 2 heterocycles. The lowest BCUT2D eigenvalue weighted by atomic mass is 10.1. The molecule has 140 valence electrons. The molecule has 5 heteroatoms. The maximum Gasteiger partial charge on any atom is 0.162 e. The third-order valence-electron chi connectivity index (χ3n) is 4.31. The highest BCUT2D eigenvalue weighted by molar-refractivity contribution is 5.58. The Kier molecular flexibility index (Phi) is 6.85. The van der Waals surface area contributed by atoms with Gasteiger partial charge in [0.2, 0.25) is 0 Å². The summed E-state index contributed by atoms with van der Waals surface area (Å²) in [5.41, 5.74) is 3.14. The highest BCUT2D eigenvalue weighted by Crippen LogP contribution is 2.19. The summed E-state index contributed by atoms with van der Waals surface area (Å²) in [6.07, 6.45) is 12.6. The van der Waals surface area contributed by atoms with Gasteiger partial charge in [0.1, 0.15) is 0 Å². The monoisotopic (exact) mass is 362 g/mol. The molecule has 0 saturated heterocycles. The van der Waals surface area contributed by atoms with Gasteiger partial charge in [-0.2, -0.15) is 0 Å². The fraction of sp³-hybridized carbons (Fsp3) is 0.364. The first-order chi connectivity index (χ1) is 13.3. The molecule has 0 bridgehead atoms. The normalized spacial score (nSPS) is 10.7. The van der Waals surface area contributed by atoms with E-state index >= 15 is 0 Å². The van der Waals surface area contributed by atoms with E-state index in [1.54, 1.807) is 24.8 Å². The molecule has 3 rings (SSSR count). The molecule has 0 saturated carbocycles. The molecule has 0 radical (unpaired) electrons. The second kappa shape index (κ2) is 9.76. The van der Waals surface area contributed by atoms with Crippen molar-refractivity contribution in [2.45, 2.75) is 46.0 Å². The predicted molar refractivity (Wildman–Crippen MR) is 108 cm³/mol. The molecule has 0 aliphatic rings. The molecule has 0 atom stereocenters. The number of ether oxygens (including phenoxy) is 1. The number of hydrogen-bond donors (Lipinski definition) is 0. The van der Waals surface area contributed by atoms with Gasteiger partial charge < -0.3 is 4.74 Å². The van der Waals surface area contributed by atoms with Gasteiger partial charge in [0, 0.05) is 18.0 Å². The number of benzene rings is 1. The van der Waals surface area contributed by atoms with Gasteiger partial charge in [-0.05, 0) is 18.4 Å². The van der Waals surface area contributed by atoms with Gasteiger partial charge in [0.05, 0.1) is 24.6 Å². The van der Waals surface area contributed by atoms with Crippen LogP contribution in [0.3, 0.4) is 0 Å². The molecular formula is C22H26N4O. The summed E-state index contributed by atoms with van der Waals surface area (Å²) in [5.74, 6) is 2.00. The molecule has 5 nitrogen and oxygen atoms in total. The summed E-state index contributed by atoms with van der Waals surface area (Å²) < 4.78 is 5.65. The molecule has 0 amide bonds. The summed E-state index contributed by atoms with van der Waals surface area (Å²) >= 11 is 0. The molecule has 1 aromatic carbocycles. The number of hydrogen-bond acceptors (Lipinski definition) is 5. The Morgan fingerprint density at radius 2 is 1.33 bits per heavy atom. The fourth-order valence-corrected chi connectivity index (χ4v) is 2.78. The third kappa shape index (κ3) is 5.33. The van der Waals surface area contributed by atoms with E-state index in [2.05, 4.69) is 58.0 Å². The molecule has 0 aliphatic carbocycles. The van der Waals surface area contributed by atoms with Gasteiger partial charge in [-0.1, -0.05) is 57.4 Å². The Bertz CT molecular complexity index is 814. The van der Waals surface area contributed by atoms with Crippen LogP contribution in [-0.4, -0.2) is 26.5 Å². The molecule has 0 N–H and O–H groups in total. The summed E-state index contributed by atoms with van der Waals surface area (Å²) in [7, 11) is 0. The van der Waals surface area contributed by atoms with Gasteiger partial charge in [0.15, 0.2) is 17.4 Å². The van der Waals surface area contributed by atoms with E-state index in [1.807, 2.05) is 0 Å². The second-order valence-corrected chi connectivity index (χ2v) is 6.54. The average Bonchev–Trinajstić information content (AvgIpc) is 2.73. The van der Waals surface area contributed by atoms with Crippen molar-refractivity contribution in [2.24, 2.45) is 0 Å². The number of aryl methyl sites for hydroxylation is 1. The Labute approximate surface area is 160 Å². The van der Waals surface area contributed by atoms with Crippen molar-refractivity contribution >= 4 is 0 Å². The van der Waals surface area contributed by atoms with E-state index in [-0.39, 0.29) is 0 Å². The average molecular weight is 362 g/mol. The zero-order chi connectivity index (χ0) is 18.9. The lowest BCUT2D eigenvalue weighted by Gasteiger charge is -2.06. The van der Waals surface area contributed by atoms with Gasteiger partial charge >= 0.3 is 0 Å². The highest BCUT2D eigenvalue weighted by Gasteiger charge is 2.06. The fourth-order valence-electron chi connectivity index (χ4n) is 2.78. The molecule has 0 aliphatic heterocycles. The van der Waals surface area contributed by atoms with Crippen LogP contribution in [0.15, 0.2) is 49.1 Å². The first-order valence-electron chi connectivity index (χ1n) is 9.66. The van der Waals surface area contributed by atoms with Crippen molar-refractivity contribution in [3.05, 3.63) is 54.6 Å². The largest absolute Gasteiger partial charge is 0.490 e. The van der Waals surface area contributed by atoms with Crippen LogP contribution < -0.4 is 4.74 Å². The number of aromatic nitrogens is 4. The SMILES string of the molecule is CCCCCOc1cnc(-c2cnc(-c3ccc(CCC)cc3)nc2)nc1. The molecule has 2 aromatic heterocycles. The van der Waals surface area contributed by atoms with Crippen LogP contribution in [0, 0.1) is 0 Å². The third-order valence-corrected chi connectivity index (χ3v) is 4.31. The lowest BCUT2D eigenvalue weighted by Crippen LogP contribution is -1.99. The molecule has 0 unspecified atom stereocenters. The number of nitrogens with zero attached hydrogens (tertiary/aromatic N) is 4. The van der Waals surface area contributed by atoms with E-state index in [0.29, 0.717) is 24.0 Å². The zero-order valence-electron chi connectivity index (χ0n) is 16.1. The van der Waals surface area contributed by atoms with Gasteiger partial charge in [-0.25, -0.2) is 19.9 Å². The molecule has 27 heavy (non-hydrogen) atoms. The first-order valence-corrected chi connectivity index (χ1v) is 9.66. The van der Waals surface area contributed by atoms with Crippen molar-refractivity contribution in [2.75, 3.05) is 6.61 Å². The van der Waals surface area contributed by atoms with Gasteiger partial charge in [-0.3, -0.25) is 0 Å². The topological polar surface area (TPSA) is 60.8 Å². The van der Waals surface area contributed by atoms with Crippen molar-refractivity contribution in [3.8, 4) is 28.5 Å². The summed E-state index contributed by atoms with van der Waals surface area (Å²) in [6, 6.07) is 8.42. The van der Waals surface area contributed by atoms with E-state index in [4.69, 9.17) is 4.74 Å². The van der Waals surface area contributed by atoms with Crippen molar-refractivity contribution in [1.82, 2.24) is 19.9 Å². The van der Waals surface area contributed by atoms with E-state index in [0.717, 1.165) is 30.4 Å². The van der Waals surface area contributed by atoms with Crippen LogP contribution in [0.25, 0.3) is 22.8 Å². The minimum absolute atomic E-state index is 0.598. The summed E-state index contributed by atoms with van der Waals surface area (Å²) in [4.78, 5) is 17.7. The predicted octanol–water partition coefficient (Wildman–Crippen LogP) is 5.12. The van der Waals surface area contributed by atoms with Crippen LogP contribution >= 0.6 is 0 Å². The smallest absolute Gasteiger partial charge is 0.162 e. The first kappa shape index (κ1) is 19.0. The Morgan fingerprint density at radius 1 is 0.704 bits per heavy atom. The molecular weight excluding hydrogens is 336 g/mol. The van der Waals surface area contributed by atoms with E-state index in [9.17, 15) is 0 Å². The maximum atomic E-state index is 5.65. The van der Waals surface area contributed by atoms with Crippen LogP contribution in [0.2, 0.25) is 0 Å². The minimum Gasteiger partial charge on any atom is -0.490 e. The lowest BCUT2D eigenvalue weighted by molar-refractivity contribution is 0.304. The summed E-state index contributed by atoms with van der Waals surface area (Å²) in [6.45, 7) is 5.06. The van der Waals surface area contributed by atoms with Crippen molar-refractivity contribution in [1.29, 1.82) is 0 Å². The Balaban J connectivity index is 1.64. The number of unbranched alkanes of at least 4 members (excludes halogenated alkanes) is 2. The standard InChI is InChI=1S/C22H26N4O/c1-3-5-6-12-27-20-15-25-22(26-16-20)19-13-23-21(24-14-19)18-10-8-17(7-4-2)9-11-18/h8-11,13-16H,3-7,12H2,1-2H3. The van der Waals surface area contributed by atoms with Crippen LogP contribution in [0.4, 0.5) is 0 Å². The second-order valence-electron chi connectivity index (χ2n) is 6.54. The molecule has 3 aromatic rings. The zero-order valence-corrected chi connectivity index (χ0v) is 16.1. The van der Waals surface area contributed by atoms with Gasteiger partial charge in [-0.15, -0.1) is 0 Å². The van der Waals surface area contributed by atoms with Gasteiger partial charge in [0.25, 0.3) is 0 Å².